The number of guanidine groups is 1. The monoisotopic (exact) mass is 536 g/mol. The van der Waals surface area contributed by atoms with Crippen LogP contribution in [0.2, 0.25) is 0 Å². The Hall–Kier alpha value is -4.21. The predicted molar refractivity (Wildman–Crippen MR) is 135 cm³/mol. The Morgan fingerprint density at radius 1 is 1.05 bits per heavy atom. The van der Waals surface area contributed by atoms with E-state index in [-0.39, 0.29) is 50.5 Å². The number of carbonyl (C=O) groups excluding carboxylic acids is 4. The highest BCUT2D eigenvalue weighted by Gasteiger charge is 2.31. The van der Waals surface area contributed by atoms with Crippen LogP contribution < -0.4 is 38.5 Å². The van der Waals surface area contributed by atoms with E-state index in [0.29, 0.717) is 18.7 Å². The number of nitrogens with one attached hydrogen (secondary N) is 5. The molecular formula is C22H36N10O6. The minimum Gasteiger partial charge on any atom is -0.480 e. The fraction of sp³-hybridized carbons (Fsp3) is 0.591. The van der Waals surface area contributed by atoms with E-state index in [1.807, 2.05) is 0 Å². The molecule has 4 unspecified atom stereocenters. The minimum atomic E-state index is -1.40. The molecule has 0 bridgehead atoms. The molecule has 1 saturated heterocycles. The van der Waals surface area contributed by atoms with Gasteiger partial charge in [0.15, 0.2) is 5.96 Å². The second kappa shape index (κ2) is 15.1. The maximum Gasteiger partial charge on any atom is 0.326 e. The van der Waals surface area contributed by atoms with E-state index < -0.39 is 47.9 Å². The van der Waals surface area contributed by atoms with Gasteiger partial charge in [-0.3, -0.25) is 24.2 Å². The summed E-state index contributed by atoms with van der Waals surface area (Å²) in [6, 6.07) is -4.07. The number of imidazole rings is 1. The Labute approximate surface area is 219 Å². The summed E-state index contributed by atoms with van der Waals surface area (Å²) in [7, 11) is 0. The number of H-pyrrole nitrogens is 1. The molecule has 16 nitrogen and oxygen atoms in total. The van der Waals surface area contributed by atoms with Crippen LogP contribution in [0.15, 0.2) is 17.5 Å². The van der Waals surface area contributed by atoms with Crippen molar-refractivity contribution in [2.45, 2.75) is 69.1 Å². The van der Waals surface area contributed by atoms with Crippen LogP contribution in [0.4, 0.5) is 0 Å². The lowest BCUT2D eigenvalue weighted by Crippen LogP contribution is -2.57. The first-order valence-electron chi connectivity index (χ1n) is 12.2. The Morgan fingerprint density at radius 2 is 1.76 bits per heavy atom. The molecule has 2 heterocycles. The molecular weight excluding hydrogens is 500 g/mol. The molecule has 0 saturated carbocycles. The van der Waals surface area contributed by atoms with Crippen LogP contribution >= 0.6 is 0 Å². The number of aromatic nitrogens is 2. The van der Waals surface area contributed by atoms with Crippen LogP contribution in [0.5, 0.6) is 0 Å². The zero-order chi connectivity index (χ0) is 28.1. The van der Waals surface area contributed by atoms with E-state index in [0.717, 1.165) is 6.42 Å². The van der Waals surface area contributed by atoms with Gasteiger partial charge in [0.25, 0.3) is 0 Å². The third-order valence-corrected chi connectivity index (χ3v) is 5.86. The van der Waals surface area contributed by atoms with Crippen molar-refractivity contribution in [3.05, 3.63) is 18.2 Å². The second-order valence-corrected chi connectivity index (χ2v) is 8.91. The van der Waals surface area contributed by atoms with Crippen molar-refractivity contribution in [2.24, 2.45) is 22.2 Å². The minimum absolute atomic E-state index is 0.0609. The quantitative estimate of drug-likeness (QED) is 0.0572. The zero-order valence-electron chi connectivity index (χ0n) is 20.9. The fourth-order valence-electron chi connectivity index (χ4n) is 3.87. The summed E-state index contributed by atoms with van der Waals surface area (Å²) >= 11 is 0. The lowest BCUT2D eigenvalue weighted by Gasteiger charge is -2.25. The summed E-state index contributed by atoms with van der Waals surface area (Å²) in [6.45, 7) is 0.849. The van der Waals surface area contributed by atoms with Gasteiger partial charge in [-0.15, -0.1) is 0 Å². The van der Waals surface area contributed by atoms with Gasteiger partial charge >= 0.3 is 5.97 Å². The molecule has 38 heavy (non-hydrogen) atoms. The number of hydrogen-bond donors (Lipinski definition) is 9. The van der Waals surface area contributed by atoms with Crippen LogP contribution in [-0.2, 0) is 30.4 Å². The summed E-state index contributed by atoms with van der Waals surface area (Å²) in [4.78, 5) is 72.4. The third-order valence-electron chi connectivity index (χ3n) is 5.86. The summed E-state index contributed by atoms with van der Waals surface area (Å²) in [5, 5.41) is 20.2. The highest BCUT2D eigenvalue weighted by atomic mass is 16.4. The normalized spacial score (nSPS) is 17.0. The van der Waals surface area contributed by atoms with Gasteiger partial charge in [0, 0.05) is 31.3 Å². The largest absolute Gasteiger partial charge is 0.480 e. The Balaban J connectivity index is 2.17. The maximum absolute atomic E-state index is 13.3. The molecule has 1 aromatic rings. The number of nitrogens with zero attached hydrogens (tertiary/aromatic N) is 2. The SMILES string of the molecule is NC(=O)CCC(NC(=O)C(CCCN=C(N)N)NC(=O)C(Cc1cnc[nH]1)NC(=O)C1CCCN1)C(=O)O. The summed E-state index contributed by atoms with van der Waals surface area (Å²) < 4.78 is 0. The van der Waals surface area contributed by atoms with Crippen LogP contribution in [0.25, 0.3) is 0 Å². The molecule has 2 rings (SSSR count). The lowest BCUT2D eigenvalue weighted by molar-refractivity contribution is -0.142. The number of aliphatic carboxylic acids is 1. The number of carboxylic acids is 1. The number of nitrogens with two attached hydrogens (primary N) is 3. The first-order chi connectivity index (χ1) is 18.1. The molecule has 16 heteroatoms. The van der Waals surface area contributed by atoms with Crippen molar-refractivity contribution in [2.75, 3.05) is 13.1 Å². The molecule has 0 spiro atoms. The van der Waals surface area contributed by atoms with Gasteiger partial charge in [-0.1, -0.05) is 0 Å². The smallest absolute Gasteiger partial charge is 0.326 e. The van der Waals surface area contributed by atoms with Gasteiger partial charge in [-0.25, -0.2) is 9.78 Å². The van der Waals surface area contributed by atoms with Crippen LogP contribution in [-0.4, -0.2) is 87.9 Å². The Kier molecular flexibility index (Phi) is 12.0. The maximum atomic E-state index is 13.3. The number of carboxylic acid groups (broad SMARTS) is 1. The van der Waals surface area contributed by atoms with E-state index in [1.54, 1.807) is 0 Å². The van der Waals surface area contributed by atoms with Gasteiger partial charge in [0.1, 0.15) is 18.1 Å². The number of carbonyl (C=O) groups is 5. The average Bonchev–Trinajstić information content (AvgIpc) is 3.57. The van der Waals surface area contributed by atoms with Gasteiger partial charge in [-0.05, 0) is 38.6 Å². The molecule has 1 aliphatic rings. The number of primary amides is 1. The average molecular weight is 537 g/mol. The van der Waals surface area contributed by atoms with Crippen molar-refractivity contribution >= 4 is 35.6 Å². The predicted octanol–water partition coefficient (Wildman–Crippen LogP) is -3.44. The van der Waals surface area contributed by atoms with Crippen molar-refractivity contribution in [3.8, 4) is 0 Å². The standard InChI is InChI=1S/C22H36N10O6/c23-17(33)6-5-15(21(37)38)31-19(35)14(4-2-8-28-22(24)25)30-20(36)16(9-12-10-26-11-29-12)32-18(34)13-3-1-7-27-13/h10-11,13-16,27H,1-9H2,(H2,23,33)(H,26,29)(H,30,36)(H,31,35)(H,32,34)(H,37,38)(H4,24,25,28). The molecule has 1 aliphatic heterocycles. The van der Waals surface area contributed by atoms with Gasteiger partial charge in [0.2, 0.25) is 23.6 Å². The Bertz CT molecular complexity index is 989. The third kappa shape index (κ3) is 10.4. The molecule has 4 amide bonds. The topological polar surface area (TPSA) is 273 Å². The summed E-state index contributed by atoms with van der Waals surface area (Å²) in [5.41, 5.74) is 16.3. The first-order valence-corrected chi connectivity index (χ1v) is 12.2. The fourth-order valence-corrected chi connectivity index (χ4v) is 3.87. The van der Waals surface area contributed by atoms with Crippen molar-refractivity contribution in [3.63, 3.8) is 0 Å². The van der Waals surface area contributed by atoms with Crippen LogP contribution in [0, 0.1) is 0 Å². The van der Waals surface area contributed by atoms with E-state index >= 15 is 0 Å². The van der Waals surface area contributed by atoms with E-state index in [9.17, 15) is 29.1 Å². The van der Waals surface area contributed by atoms with Gasteiger partial charge in [0.05, 0.1) is 12.4 Å². The molecule has 4 atom stereocenters. The van der Waals surface area contributed by atoms with Crippen molar-refractivity contribution < 1.29 is 29.1 Å². The molecule has 0 radical (unpaired) electrons. The summed E-state index contributed by atoms with van der Waals surface area (Å²) in [6.07, 6.45) is 4.33. The van der Waals surface area contributed by atoms with E-state index in [2.05, 4.69) is 36.2 Å². The van der Waals surface area contributed by atoms with E-state index in [4.69, 9.17) is 17.2 Å². The molecule has 1 fully saturated rings. The summed E-state index contributed by atoms with van der Waals surface area (Å²) in [5.74, 6) is -4.02. The lowest BCUT2D eigenvalue weighted by atomic mass is 10.1. The highest BCUT2D eigenvalue weighted by molar-refractivity contribution is 5.94. The number of hydrogen-bond acceptors (Lipinski definition) is 8. The molecule has 12 N–H and O–H groups in total. The first kappa shape index (κ1) is 30.0. The second-order valence-electron chi connectivity index (χ2n) is 8.91. The molecule has 210 valence electrons. The van der Waals surface area contributed by atoms with Crippen LogP contribution in [0.3, 0.4) is 0 Å². The van der Waals surface area contributed by atoms with E-state index in [1.165, 1.54) is 12.5 Å². The van der Waals surface area contributed by atoms with Crippen molar-refractivity contribution in [1.29, 1.82) is 0 Å². The van der Waals surface area contributed by atoms with Crippen LogP contribution in [0.1, 0.15) is 44.2 Å². The van der Waals surface area contributed by atoms with Gasteiger partial charge in [-0.2, -0.15) is 0 Å². The number of rotatable bonds is 16. The van der Waals surface area contributed by atoms with Gasteiger partial charge < -0.3 is 48.6 Å². The molecule has 0 aliphatic carbocycles. The molecule has 0 aromatic carbocycles. The Morgan fingerprint density at radius 3 is 2.34 bits per heavy atom. The highest BCUT2D eigenvalue weighted by Crippen LogP contribution is 2.08. The molecule has 1 aromatic heterocycles. The number of amides is 4. The zero-order valence-corrected chi connectivity index (χ0v) is 20.9. The number of aromatic amines is 1. The number of aliphatic imine (C=N–C) groups is 1. The van der Waals surface area contributed by atoms with Crippen molar-refractivity contribution in [1.82, 2.24) is 31.2 Å².